The Balaban J connectivity index is 1.28. The van der Waals surface area contributed by atoms with Crippen molar-refractivity contribution in [1.82, 2.24) is 15.1 Å². The van der Waals surface area contributed by atoms with Gasteiger partial charge in [-0.3, -0.25) is 24.6 Å². The van der Waals surface area contributed by atoms with Crippen LogP contribution in [0.25, 0.3) is 0 Å². The fourth-order valence-corrected chi connectivity index (χ4v) is 6.01. The Bertz CT molecular complexity index is 943. The highest BCUT2D eigenvalue weighted by atomic mass is 16.5. The van der Waals surface area contributed by atoms with Crippen LogP contribution in [0.5, 0.6) is 5.75 Å². The zero-order chi connectivity index (χ0) is 22.5. The Hall–Kier alpha value is -2.41. The number of hydrogen-bond donors (Lipinski definition) is 1. The van der Waals surface area contributed by atoms with Crippen LogP contribution in [0.3, 0.4) is 0 Å². The summed E-state index contributed by atoms with van der Waals surface area (Å²) in [5, 5.41) is 2.35. The molecule has 4 aliphatic rings. The van der Waals surface area contributed by atoms with Crippen molar-refractivity contribution in [3.05, 3.63) is 29.3 Å². The quantitative estimate of drug-likeness (QED) is 0.730. The molecule has 3 heterocycles. The molecule has 7 nitrogen and oxygen atoms in total. The molecule has 0 bridgehead atoms. The highest BCUT2D eigenvalue weighted by Gasteiger charge is 2.40. The number of carbonyl (C=O) groups excluding carboxylic acids is 3. The average Bonchev–Trinajstić information content (AvgIpc) is 3.32. The van der Waals surface area contributed by atoms with E-state index < -0.39 is 6.04 Å². The molecule has 32 heavy (non-hydrogen) atoms. The molecule has 1 N–H and O–H groups in total. The first-order chi connectivity index (χ1) is 15.3. The monoisotopic (exact) mass is 439 g/mol. The SMILES string of the molecule is CC1(C)CCCN([C@H]2CCC[C@H]2Oc2ccc3c(c2)CN(C2CCC(=O)NC2=O)C3=O)C1. The van der Waals surface area contributed by atoms with Gasteiger partial charge in [0.2, 0.25) is 11.8 Å². The van der Waals surface area contributed by atoms with Crippen LogP contribution in [0, 0.1) is 5.41 Å². The smallest absolute Gasteiger partial charge is 0.255 e. The normalized spacial score (nSPS) is 30.4. The molecule has 3 aliphatic heterocycles. The summed E-state index contributed by atoms with van der Waals surface area (Å²) in [7, 11) is 0. The van der Waals surface area contributed by atoms with Crippen molar-refractivity contribution >= 4 is 17.7 Å². The van der Waals surface area contributed by atoms with Gasteiger partial charge in [0.25, 0.3) is 5.91 Å². The Morgan fingerprint density at radius 2 is 1.94 bits per heavy atom. The maximum Gasteiger partial charge on any atom is 0.255 e. The van der Waals surface area contributed by atoms with Crippen molar-refractivity contribution < 1.29 is 19.1 Å². The van der Waals surface area contributed by atoms with Gasteiger partial charge in [0.1, 0.15) is 17.9 Å². The van der Waals surface area contributed by atoms with Gasteiger partial charge >= 0.3 is 0 Å². The van der Waals surface area contributed by atoms with Gasteiger partial charge in [-0.05, 0) is 74.2 Å². The molecule has 1 saturated carbocycles. The van der Waals surface area contributed by atoms with Crippen molar-refractivity contribution in [3.8, 4) is 5.75 Å². The number of rotatable bonds is 4. The molecule has 5 rings (SSSR count). The second kappa shape index (κ2) is 8.18. The molecular formula is C25H33N3O4. The van der Waals surface area contributed by atoms with Gasteiger partial charge < -0.3 is 9.64 Å². The maximum atomic E-state index is 12.9. The first-order valence-corrected chi connectivity index (χ1v) is 12.0. The minimum Gasteiger partial charge on any atom is -0.489 e. The van der Waals surface area contributed by atoms with Crippen LogP contribution < -0.4 is 10.1 Å². The maximum absolute atomic E-state index is 12.9. The molecule has 3 amide bonds. The van der Waals surface area contributed by atoms with E-state index in [-0.39, 0.29) is 30.2 Å². The Morgan fingerprint density at radius 3 is 2.72 bits per heavy atom. The van der Waals surface area contributed by atoms with Crippen molar-refractivity contribution in [2.45, 2.75) is 83.5 Å². The van der Waals surface area contributed by atoms with Gasteiger partial charge in [0, 0.05) is 31.1 Å². The largest absolute Gasteiger partial charge is 0.489 e. The molecule has 0 aromatic heterocycles. The van der Waals surface area contributed by atoms with Crippen LogP contribution in [-0.4, -0.2) is 58.8 Å². The number of nitrogens with zero attached hydrogens (tertiary/aromatic N) is 2. The summed E-state index contributed by atoms with van der Waals surface area (Å²) in [6, 6.07) is 5.55. The highest BCUT2D eigenvalue weighted by Crippen LogP contribution is 2.36. The molecule has 172 valence electrons. The van der Waals surface area contributed by atoms with E-state index in [0.717, 1.165) is 30.8 Å². The number of likely N-dealkylation sites (tertiary alicyclic amines) is 1. The molecule has 7 heteroatoms. The van der Waals surface area contributed by atoms with Gasteiger partial charge in [-0.25, -0.2) is 0 Å². The second-order valence-electron chi connectivity index (χ2n) is 10.6. The second-order valence-corrected chi connectivity index (χ2v) is 10.6. The number of nitrogens with one attached hydrogen (secondary N) is 1. The molecule has 1 aromatic rings. The van der Waals surface area contributed by atoms with Crippen LogP contribution in [0.15, 0.2) is 18.2 Å². The molecule has 3 atom stereocenters. The van der Waals surface area contributed by atoms with E-state index in [1.807, 2.05) is 18.2 Å². The lowest BCUT2D eigenvalue weighted by atomic mass is 9.83. The third kappa shape index (κ3) is 4.03. The zero-order valence-corrected chi connectivity index (χ0v) is 19.1. The van der Waals surface area contributed by atoms with Crippen LogP contribution in [0.4, 0.5) is 0 Å². The van der Waals surface area contributed by atoms with Crippen LogP contribution in [-0.2, 0) is 16.1 Å². The van der Waals surface area contributed by atoms with Gasteiger partial charge in [0.15, 0.2) is 0 Å². The van der Waals surface area contributed by atoms with Crippen molar-refractivity contribution in [1.29, 1.82) is 0 Å². The Morgan fingerprint density at radius 1 is 1.09 bits per heavy atom. The van der Waals surface area contributed by atoms with E-state index in [0.29, 0.717) is 30.0 Å². The summed E-state index contributed by atoms with van der Waals surface area (Å²) in [4.78, 5) is 40.9. The predicted octanol–water partition coefficient (Wildman–Crippen LogP) is 2.87. The summed E-state index contributed by atoms with van der Waals surface area (Å²) in [6.45, 7) is 7.36. The van der Waals surface area contributed by atoms with Gasteiger partial charge in [-0.15, -0.1) is 0 Å². The minimum atomic E-state index is -0.585. The van der Waals surface area contributed by atoms with E-state index >= 15 is 0 Å². The zero-order valence-electron chi connectivity index (χ0n) is 19.1. The molecule has 1 unspecified atom stereocenters. The number of fused-ring (bicyclic) bond motifs is 1. The first-order valence-electron chi connectivity index (χ1n) is 12.0. The minimum absolute atomic E-state index is 0.143. The number of hydrogen-bond acceptors (Lipinski definition) is 5. The van der Waals surface area contributed by atoms with Crippen LogP contribution in [0.1, 0.15) is 74.7 Å². The molecule has 3 fully saturated rings. The molecule has 1 aliphatic carbocycles. The molecule has 0 radical (unpaired) electrons. The topological polar surface area (TPSA) is 79.0 Å². The van der Waals surface area contributed by atoms with E-state index in [2.05, 4.69) is 24.1 Å². The first kappa shape index (κ1) is 21.4. The molecular weight excluding hydrogens is 406 g/mol. The Labute approximate surface area is 189 Å². The van der Waals surface area contributed by atoms with Crippen molar-refractivity contribution in [2.24, 2.45) is 5.41 Å². The average molecular weight is 440 g/mol. The van der Waals surface area contributed by atoms with Crippen molar-refractivity contribution in [2.75, 3.05) is 13.1 Å². The Kier molecular flexibility index (Phi) is 5.48. The summed E-state index contributed by atoms with van der Waals surface area (Å²) < 4.78 is 6.49. The third-order valence-corrected chi connectivity index (χ3v) is 7.60. The number of carbonyl (C=O) groups is 3. The van der Waals surface area contributed by atoms with Crippen molar-refractivity contribution in [3.63, 3.8) is 0 Å². The summed E-state index contributed by atoms with van der Waals surface area (Å²) >= 11 is 0. The highest BCUT2D eigenvalue weighted by molar-refractivity contribution is 6.05. The van der Waals surface area contributed by atoms with E-state index in [1.54, 1.807) is 4.90 Å². The van der Waals surface area contributed by atoms with E-state index in [9.17, 15) is 14.4 Å². The summed E-state index contributed by atoms with van der Waals surface area (Å²) in [5.41, 5.74) is 1.88. The number of ether oxygens (including phenoxy) is 1. The number of amides is 3. The van der Waals surface area contributed by atoms with Crippen LogP contribution in [0.2, 0.25) is 0 Å². The molecule has 1 aromatic carbocycles. The number of imide groups is 1. The lowest BCUT2D eigenvalue weighted by molar-refractivity contribution is -0.136. The summed E-state index contributed by atoms with van der Waals surface area (Å²) in [5.74, 6) is 0.0108. The van der Waals surface area contributed by atoms with Gasteiger partial charge in [-0.1, -0.05) is 13.8 Å². The molecule has 0 spiro atoms. The van der Waals surface area contributed by atoms with Gasteiger partial charge in [-0.2, -0.15) is 0 Å². The van der Waals surface area contributed by atoms with Crippen LogP contribution >= 0.6 is 0 Å². The summed E-state index contributed by atoms with van der Waals surface area (Å²) in [6.07, 6.45) is 6.75. The lowest BCUT2D eigenvalue weighted by Gasteiger charge is -2.42. The number of piperidine rings is 2. The van der Waals surface area contributed by atoms with E-state index in [1.165, 1.54) is 25.7 Å². The third-order valence-electron chi connectivity index (χ3n) is 7.60. The van der Waals surface area contributed by atoms with Gasteiger partial charge in [0.05, 0.1) is 0 Å². The fourth-order valence-electron chi connectivity index (χ4n) is 6.01. The molecule has 2 saturated heterocycles. The lowest BCUT2D eigenvalue weighted by Crippen LogP contribution is -2.52. The predicted molar refractivity (Wildman–Crippen MR) is 119 cm³/mol. The number of benzene rings is 1. The standard InChI is InChI=1S/C25H33N3O4/c1-25(2)11-4-12-27(15-25)19-5-3-6-21(19)32-17-7-8-18-16(13-17)14-28(24(18)31)20-9-10-22(29)26-23(20)30/h7-8,13,19-21H,3-6,9-12,14-15H2,1-2H3,(H,26,29,30)/t19-,20?,21+/m0/s1. The van der Waals surface area contributed by atoms with E-state index in [4.69, 9.17) is 4.74 Å². The fraction of sp³-hybridized carbons (Fsp3) is 0.640.